The highest BCUT2D eigenvalue weighted by Gasteiger charge is 2.25. The van der Waals surface area contributed by atoms with Crippen LogP contribution in [0.2, 0.25) is 0 Å². The number of ether oxygens (including phenoxy) is 3. The number of carbonyl (C=O) groups is 1. The highest BCUT2D eigenvalue weighted by molar-refractivity contribution is 7.92. The molecular formula is C32H34N2O7S. The molecular weight excluding hydrogens is 556 g/mol. The maximum absolute atomic E-state index is 13.6. The van der Waals surface area contributed by atoms with Crippen LogP contribution >= 0.6 is 0 Å². The summed E-state index contributed by atoms with van der Waals surface area (Å²) in [5.41, 5.74) is 1.41. The number of anilines is 2. The molecule has 0 aliphatic heterocycles. The summed E-state index contributed by atoms with van der Waals surface area (Å²) in [4.78, 5) is 13.3. The number of hydrogen-bond acceptors (Lipinski definition) is 7. The van der Waals surface area contributed by atoms with Crippen LogP contribution in [-0.4, -0.2) is 39.8 Å². The van der Waals surface area contributed by atoms with E-state index in [1.165, 1.54) is 31.4 Å². The van der Waals surface area contributed by atoms with Gasteiger partial charge in [0, 0.05) is 11.3 Å². The number of rotatable bonds is 11. The van der Waals surface area contributed by atoms with E-state index in [9.17, 15) is 18.3 Å². The summed E-state index contributed by atoms with van der Waals surface area (Å²) >= 11 is 0. The molecule has 3 N–H and O–H groups in total. The van der Waals surface area contributed by atoms with Crippen molar-refractivity contribution in [3.05, 3.63) is 102 Å². The van der Waals surface area contributed by atoms with Gasteiger partial charge in [-0.2, -0.15) is 0 Å². The van der Waals surface area contributed by atoms with Gasteiger partial charge in [-0.15, -0.1) is 0 Å². The summed E-state index contributed by atoms with van der Waals surface area (Å²) in [5.74, 6) is 0.192. The predicted octanol–water partition coefficient (Wildman–Crippen LogP) is 6.21. The number of carbonyl (C=O) groups excluding carboxylic acids is 1. The van der Waals surface area contributed by atoms with Gasteiger partial charge in [-0.3, -0.25) is 9.52 Å². The number of amides is 1. The van der Waals surface area contributed by atoms with Crippen molar-refractivity contribution in [1.82, 2.24) is 0 Å². The first kappa shape index (κ1) is 30.4. The zero-order valence-corrected chi connectivity index (χ0v) is 24.7. The second kappa shape index (κ2) is 13.0. The lowest BCUT2D eigenvalue weighted by Crippen LogP contribution is -2.17. The molecule has 4 aromatic rings. The molecule has 0 saturated heterocycles. The van der Waals surface area contributed by atoms with Crippen LogP contribution in [0.4, 0.5) is 11.4 Å². The van der Waals surface area contributed by atoms with Crippen molar-refractivity contribution < 1.29 is 32.5 Å². The van der Waals surface area contributed by atoms with E-state index in [0.29, 0.717) is 11.4 Å². The monoisotopic (exact) mass is 590 g/mol. The molecule has 42 heavy (non-hydrogen) atoms. The zero-order valence-electron chi connectivity index (χ0n) is 23.9. The third kappa shape index (κ3) is 7.39. The third-order valence-electron chi connectivity index (χ3n) is 6.25. The van der Waals surface area contributed by atoms with Gasteiger partial charge in [0.25, 0.3) is 15.9 Å². The minimum absolute atomic E-state index is 0.0147. The number of hydrogen-bond donors (Lipinski definition) is 3. The van der Waals surface area contributed by atoms with Crippen LogP contribution in [0.3, 0.4) is 0 Å². The van der Waals surface area contributed by atoms with E-state index in [1.54, 1.807) is 60.7 Å². The third-order valence-corrected chi connectivity index (χ3v) is 7.64. The first-order valence-electron chi connectivity index (χ1n) is 13.2. The Hall–Kier alpha value is -4.54. The summed E-state index contributed by atoms with van der Waals surface area (Å²) in [5, 5.41) is 12.3. The van der Waals surface area contributed by atoms with Gasteiger partial charge in [-0.05, 0) is 59.5 Å². The van der Waals surface area contributed by atoms with E-state index in [-0.39, 0.29) is 52.0 Å². The Kier molecular flexibility index (Phi) is 9.39. The molecule has 220 valence electrons. The number of methoxy groups -OCH3 is 1. The average molecular weight is 591 g/mol. The fourth-order valence-corrected chi connectivity index (χ4v) is 5.11. The van der Waals surface area contributed by atoms with Gasteiger partial charge in [-0.1, -0.05) is 63.2 Å². The molecule has 9 nitrogen and oxygen atoms in total. The van der Waals surface area contributed by atoms with Gasteiger partial charge in [0.05, 0.1) is 24.3 Å². The van der Waals surface area contributed by atoms with Crippen LogP contribution in [-0.2, 0) is 15.4 Å². The Labute approximate surface area is 246 Å². The van der Waals surface area contributed by atoms with Crippen LogP contribution < -0.4 is 24.2 Å². The van der Waals surface area contributed by atoms with Crippen LogP contribution in [0.15, 0.2) is 95.9 Å². The largest absolute Gasteiger partial charge is 0.493 e. The minimum Gasteiger partial charge on any atom is -0.493 e. The standard InChI is InChI=1S/C32H34N2O7S/c1-32(2,3)23-14-16-25(17-15-23)42(37,38)34-26-20-22(31(36)33-24-10-6-5-7-11-24)21-29(40-19-18-35)30(26)41-28-13-9-8-12-27(28)39-4/h5-17,20-21,34-35H,18-19H2,1-4H3,(H,33,36). The topological polar surface area (TPSA) is 123 Å². The number of nitrogens with one attached hydrogen (secondary N) is 2. The van der Waals surface area contributed by atoms with E-state index in [1.807, 2.05) is 26.8 Å². The molecule has 1 amide bonds. The molecule has 0 spiro atoms. The summed E-state index contributed by atoms with van der Waals surface area (Å²) in [6.07, 6.45) is 0. The summed E-state index contributed by atoms with van der Waals surface area (Å²) < 4.78 is 47.1. The van der Waals surface area contributed by atoms with Gasteiger partial charge in [0.15, 0.2) is 23.0 Å². The first-order valence-corrected chi connectivity index (χ1v) is 14.7. The second-order valence-corrected chi connectivity index (χ2v) is 12.1. The molecule has 4 rings (SSSR count). The lowest BCUT2D eigenvalue weighted by molar-refractivity contribution is 0.102. The maximum atomic E-state index is 13.6. The number of sulfonamides is 1. The van der Waals surface area contributed by atoms with E-state index in [0.717, 1.165) is 5.56 Å². The van der Waals surface area contributed by atoms with E-state index in [2.05, 4.69) is 10.0 Å². The molecule has 4 aromatic carbocycles. The van der Waals surface area contributed by atoms with Gasteiger partial charge in [-0.25, -0.2) is 8.42 Å². The van der Waals surface area contributed by atoms with E-state index >= 15 is 0 Å². The van der Waals surface area contributed by atoms with E-state index in [4.69, 9.17) is 14.2 Å². The molecule has 0 atom stereocenters. The summed E-state index contributed by atoms with van der Waals surface area (Å²) in [6, 6.07) is 25.0. The Morgan fingerprint density at radius 3 is 2.12 bits per heavy atom. The molecule has 10 heteroatoms. The fourth-order valence-electron chi connectivity index (χ4n) is 4.05. The minimum atomic E-state index is -4.14. The average Bonchev–Trinajstić information content (AvgIpc) is 2.97. The lowest BCUT2D eigenvalue weighted by Gasteiger charge is -2.21. The van der Waals surface area contributed by atoms with Gasteiger partial charge in [0.2, 0.25) is 0 Å². The Bertz CT molecular complexity index is 1630. The van der Waals surface area contributed by atoms with Gasteiger partial charge < -0.3 is 24.6 Å². The first-order chi connectivity index (χ1) is 20.0. The molecule has 0 heterocycles. The van der Waals surface area contributed by atoms with Gasteiger partial charge >= 0.3 is 0 Å². The Balaban J connectivity index is 1.82. The molecule has 0 radical (unpaired) electrons. The smallest absolute Gasteiger partial charge is 0.262 e. The molecule has 0 bridgehead atoms. The normalized spacial score (nSPS) is 11.5. The van der Waals surface area contributed by atoms with Crippen molar-refractivity contribution in [2.45, 2.75) is 31.1 Å². The van der Waals surface area contributed by atoms with Crippen molar-refractivity contribution in [2.24, 2.45) is 0 Å². The molecule has 0 aliphatic carbocycles. The fraction of sp³-hybridized carbons (Fsp3) is 0.219. The van der Waals surface area contributed by atoms with Crippen molar-refractivity contribution in [2.75, 3.05) is 30.4 Å². The van der Waals surface area contributed by atoms with Crippen LogP contribution in [0, 0.1) is 0 Å². The van der Waals surface area contributed by atoms with Crippen molar-refractivity contribution >= 4 is 27.3 Å². The maximum Gasteiger partial charge on any atom is 0.262 e. The molecule has 0 aromatic heterocycles. The predicted molar refractivity (Wildman–Crippen MR) is 162 cm³/mol. The van der Waals surface area contributed by atoms with Crippen LogP contribution in [0.25, 0.3) is 0 Å². The second-order valence-electron chi connectivity index (χ2n) is 10.4. The van der Waals surface area contributed by atoms with Gasteiger partial charge in [0.1, 0.15) is 6.61 Å². The van der Waals surface area contributed by atoms with E-state index < -0.39 is 15.9 Å². The van der Waals surface area contributed by atoms with Crippen molar-refractivity contribution in [3.63, 3.8) is 0 Å². The van der Waals surface area contributed by atoms with Crippen molar-refractivity contribution in [1.29, 1.82) is 0 Å². The molecule has 0 unspecified atom stereocenters. The number of para-hydroxylation sites is 3. The highest BCUT2D eigenvalue weighted by Crippen LogP contribution is 2.43. The highest BCUT2D eigenvalue weighted by atomic mass is 32.2. The van der Waals surface area contributed by atoms with Crippen LogP contribution in [0.1, 0.15) is 36.7 Å². The lowest BCUT2D eigenvalue weighted by atomic mass is 9.87. The molecule has 0 aliphatic rings. The number of aliphatic hydroxyl groups is 1. The van der Waals surface area contributed by atoms with Crippen molar-refractivity contribution in [3.8, 4) is 23.0 Å². The zero-order chi connectivity index (χ0) is 30.3. The number of aliphatic hydroxyl groups excluding tert-OH is 1. The Morgan fingerprint density at radius 2 is 1.50 bits per heavy atom. The molecule has 0 fully saturated rings. The SMILES string of the molecule is COc1ccccc1Oc1c(NS(=O)(=O)c2ccc(C(C)(C)C)cc2)cc(C(=O)Nc2ccccc2)cc1OCCO. The number of benzene rings is 4. The van der Waals surface area contributed by atoms with Crippen LogP contribution in [0.5, 0.6) is 23.0 Å². The summed E-state index contributed by atoms with van der Waals surface area (Å²) in [7, 11) is -2.66. The molecule has 0 saturated carbocycles. The summed E-state index contributed by atoms with van der Waals surface area (Å²) in [6.45, 7) is 5.66. The Morgan fingerprint density at radius 1 is 0.857 bits per heavy atom. The quantitative estimate of drug-likeness (QED) is 0.190.